The van der Waals surface area contributed by atoms with Gasteiger partial charge in [-0.25, -0.2) is 0 Å². The zero-order valence-corrected chi connectivity index (χ0v) is 14.3. The van der Waals surface area contributed by atoms with E-state index in [2.05, 4.69) is 73.3 Å². The third-order valence-electron chi connectivity index (χ3n) is 4.88. The average Bonchev–Trinajstić information content (AvgIpc) is 2.55. The van der Waals surface area contributed by atoms with E-state index < -0.39 is 0 Å². The van der Waals surface area contributed by atoms with Gasteiger partial charge in [0, 0.05) is 25.7 Å². The van der Waals surface area contributed by atoms with Crippen LogP contribution in [-0.2, 0) is 6.54 Å². The fraction of sp³-hybridized carbons (Fsp3) is 0.429. The fourth-order valence-corrected chi connectivity index (χ4v) is 3.60. The Morgan fingerprint density at radius 3 is 2.35 bits per heavy atom. The molecule has 0 saturated carbocycles. The summed E-state index contributed by atoms with van der Waals surface area (Å²) in [5, 5.41) is 0. The summed E-state index contributed by atoms with van der Waals surface area (Å²) in [6.45, 7) is 7.58. The maximum atomic E-state index is 6.34. The summed E-state index contributed by atoms with van der Waals surface area (Å²) in [7, 11) is 0. The summed E-state index contributed by atoms with van der Waals surface area (Å²) >= 11 is 0. The number of nitrogens with zero attached hydrogens (tertiary/aromatic N) is 1. The molecule has 2 aromatic rings. The van der Waals surface area contributed by atoms with Crippen LogP contribution in [0.4, 0.5) is 0 Å². The van der Waals surface area contributed by atoms with Crippen molar-refractivity contribution in [2.24, 2.45) is 5.73 Å². The number of hydrogen-bond acceptors (Lipinski definition) is 2. The maximum Gasteiger partial charge on any atom is 0.0234 e. The van der Waals surface area contributed by atoms with Gasteiger partial charge in [0.2, 0.25) is 0 Å². The van der Waals surface area contributed by atoms with Crippen molar-refractivity contribution in [2.75, 3.05) is 13.1 Å². The Morgan fingerprint density at radius 2 is 1.70 bits per heavy atom. The summed E-state index contributed by atoms with van der Waals surface area (Å²) in [5.41, 5.74) is 10.6. The lowest BCUT2D eigenvalue weighted by Gasteiger charge is -2.36. The molecule has 2 aromatic carbocycles. The molecule has 122 valence electrons. The smallest absolute Gasteiger partial charge is 0.0234 e. The van der Waals surface area contributed by atoms with Crippen molar-refractivity contribution in [3.8, 4) is 0 Å². The molecular weight excluding hydrogens is 280 g/mol. The van der Waals surface area contributed by atoms with E-state index >= 15 is 0 Å². The zero-order chi connectivity index (χ0) is 16.2. The fourth-order valence-electron chi connectivity index (χ4n) is 3.60. The highest BCUT2D eigenvalue weighted by Crippen LogP contribution is 2.28. The molecule has 0 spiro atoms. The molecule has 1 heterocycles. The molecule has 0 aromatic heterocycles. The molecule has 2 atom stereocenters. The molecule has 2 heteroatoms. The Labute approximate surface area is 140 Å². The van der Waals surface area contributed by atoms with E-state index in [1.165, 1.54) is 16.7 Å². The second-order valence-electron chi connectivity index (χ2n) is 7.19. The van der Waals surface area contributed by atoms with Crippen LogP contribution >= 0.6 is 0 Å². The van der Waals surface area contributed by atoms with Crippen LogP contribution in [0.25, 0.3) is 0 Å². The van der Waals surface area contributed by atoms with Gasteiger partial charge in [0.25, 0.3) is 0 Å². The topological polar surface area (TPSA) is 29.3 Å². The SMILES string of the molecule is CC(C)c1ccc(C2CC(N)CN(Cc3ccccc3)C2)cc1. The average molecular weight is 308 g/mol. The van der Waals surface area contributed by atoms with Gasteiger partial charge in [-0.1, -0.05) is 68.4 Å². The van der Waals surface area contributed by atoms with Gasteiger partial charge < -0.3 is 5.73 Å². The maximum absolute atomic E-state index is 6.34. The van der Waals surface area contributed by atoms with Crippen LogP contribution in [0.5, 0.6) is 0 Å². The molecule has 1 saturated heterocycles. The third-order valence-corrected chi connectivity index (χ3v) is 4.88. The van der Waals surface area contributed by atoms with Gasteiger partial charge in [-0.2, -0.15) is 0 Å². The number of rotatable bonds is 4. The predicted octanol–water partition coefficient (Wildman–Crippen LogP) is 4.13. The van der Waals surface area contributed by atoms with Crippen LogP contribution in [0.1, 0.15) is 48.8 Å². The van der Waals surface area contributed by atoms with E-state index in [0.29, 0.717) is 11.8 Å². The van der Waals surface area contributed by atoms with Gasteiger partial charge in [0.15, 0.2) is 0 Å². The Bertz CT molecular complexity index is 603. The van der Waals surface area contributed by atoms with Gasteiger partial charge >= 0.3 is 0 Å². The van der Waals surface area contributed by atoms with E-state index in [4.69, 9.17) is 5.73 Å². The number of piperidine rings is 1. The van der Waals surface area contributed by atoms with Crippen LogP contribution in [0, 0.1) is 0 Å². The first kappa shape index (κ1) is 16.2. The van der Waals surface area contributed by atoms with Crippen molar-refractivity contribution >= 4 is 0 Å². The lowest BCUT2D eigenvalue weighted by molar-refractivity contribution is 0.181. The Kier molecular flexibility index (Phi) is 5.14. The number of benzene rings is 2. The normalized spacial score (nSPS) is 22.4. The first-order valence-electron chi connectivity index (χ1n) is 8.73. The molecule has 3 rings (SSSR count). The highest BCUT2D eigenvalue weighted by atomic mass is 15.1. The molecule has 2 N–H and O–H groups in total. The minimum atomic E-state index is 0.266. The number of nitrogens with two attached hydrogens (primary N) is 1. The Morgan fingerprint density at radius 1 is 1.00 bits per heavy atom. The molecule has 0 aliphatic carbocycles. The molecular formula is C21H28N2. The molecule has 2 unspecified atom stereocenters. The quantitative estimate of drug-likeness (QED) is 0.920. The van der Waals surface area contributed by atoms with Crippen molar-refractivity contribution in [3.63, 3.8) is 0 Å². The molecule has 1 aliphatic heterocycles. The standard InChI is InChI=1S/C21H28N2/c1-16(2)18-8-10-19(11-9-18)20-12-21(22)15-23(14-20)13-17-6-4-3-5-7-17/h3-11,16,20-21H,12-15,22H2,1-2H3. The first-order valence-corrected chi connectivity index (χ1v) is 8.73. The second kappa shape index (κ2) is 7.29. The summed E-state index contributed by atoms with van der Waals surface area (Å²) in [6.07, 6.45) is 1.09. The van der Waals surface area contributed by atoms with Crippen molar-refractivity contribution < 1.29 is 0 Å². The van der Waals surface area contributed by atoms with Crippen LogP contribution in [0.2, 0.25) is 0 Å². The van der Waals surface area contributed by atoms with E-state index in [9.17, 15) is 0 Å². The van der Waals surface area contributed by atoms with Crippen molar-refractivity contribution in [1.29, 1.82) is 0 Å². The first-order chi connectivity index (χ1) is 11.1. The van der Waals surface area contributed by atoms with Crippen LogP contribution < -0.4 is 5.73 Å². The molecule has 2 nitrogen and oxygen atoms in total. The lowest BCUT2D eigenvalue weighted by atomic mass is 9.87. The molecule has 1 aliphatic rings. The van der Waals surface area contributed by atoms with E-state index in [0.717, 1.165) is 26.1 Å². The monoisotopic (exact) mass is 308 g/mol. The zero-order valence-electron chi connectivity index (χ0n) is 14.3. The minimum Gasteiger partial charge on any atom is -0.327 e. The highest BCUT2D eigenvalue weighted by molar-refractivity contribution is 5.28. The molecule has 0 amide bonds. The third kappa shape index (κ3) is 4.21. The molecule has 0 radical (unpaired) electrons. The van der Waals surface area contributed by atoms with Crippen LogP contribution in [0.3, 0.4) is 0 Å². The summed E-state index contributed by atoms with van der Waals surface area (Å²) < 4.78 is 0. The number of hydrogen-bond donors (Lipinski definition) is 1. The van der Waals surface area contributed by atoms with Crippen molar-refractivity contribution in [2.45, 2.75) is 44.7 Å². The lowest BCUT2D eigenvalue weighted by Crippen LogP contribution is -2.45. The van der Waals surface area contributed by atoms with Gasteiger partial charge in [-0.05, 0) is 34.9 Å². The van der Waals surface area contributed by atoms with Gasteiger partial charge in [-0.3, -0.25) is 4.90 Å². The molecule has 23 heavy (non-hydrogen) atoms. The van der Waals surface area contributed by atoms with E-state index in [1.54, 1.807) is 0 Å². The summed E-state index contributed by atoms with van der Waals surface area (Å²) in [6, 6.07) is 20.1. The van der Waals surface area contributed by atoms with Crippen molar-refractivity contribution in [3.05, 3.63) is 71.3 Å². The second-order valence-corrected chi connectivity index (χ2v) is 7.19. The summed E-state index contributed by atoms with van der Waals surface area (Å²) in [4.78, 5) is 2.50. The predicted molar refractivity (Wildman–Crippen MR) is 97.6 cm³/mol. The van der Waals surface area contributed by atoms with Crippen LogP contribution in [-0.4, -0.2) is 24.0 Å². The number of likely N-dealkylation sites (tertiary alicyclic amines) is 1. The summed E-state index contributed by atoms with van der Waals surface area (Å²) in [5.74, 6) is 1.14. The Balaban J connectivity index is 1.70. The van der Waals surface area contributed by atoms with Crippen molar-refractivity contribution in [1.82, 2.24) is 4.90 Å². The minimum absolute atomic E-state index is 0.266. The van der Waals surface area contributed by atoms with E-state index in [-0.39, 0.29) is 6.04 Å². The van der Waals surface area contributed by atoms with Gasteiger partial charge in [0.05, 0.1) is 0 Å². The highest BCUT2D eigenvalue weighted by Gasteiger charge is 2.26. The Hall–Kier alpha value is -1.64. The molecule has 0 bridgehead atoms. The van der Waals surface area contributed by atoms with Gasteiger partial charge in [-0.15, -0.1) is 0 Å². The van der Waals surface area contributed by atoms with Gasteiger partial charge in [0.1, 0.15) is 0 Å². The largest absolute Gasteiger partial charge is 0.327 e. The van der Waals surface area contributed by atoms with Crippen LogP contribution in [0.15, 0.2) is 54.6 Å². The van der Waals surface area contributed by atoms with E-state index in [1.807, 2.05) is 0 Å². The molecule has 1 fully saturated rings.